The van der Waals surface area contributed by atoms with Gasteiger partial charge in [0.05, 0.1) is 25.0 Å². The van der Waals surface area contributed by atoms with E-state index in [1.165, 1.54) is 5.56 Å². The van der Waals surface area contributed by atoms with Gasteiger partial charge in [0.2, 0.25) is 5.89 Å². The predicted molar refractivity (Wildman–Crippen MR) is 101 cm³/mol. The van der Waals surface area contributed by atoms with E-state index in [1.54, 1.807) is 7.05 Å². The Morgan fingerprint density at radius 2 is 1.88 bits per heavy atom. The molecular formula is C19H24N6O. The van der Waals surface area contributed by atoms with E-state index in [-0.39, 0.29) is 0 Å². The SMILES string of the molecule is CN=C(NCc1cnn(Cc2ccccc2)c1)NCc1nc(C)c(C)o1. The van der Waals surface area contributed by atoms with Crippen molar-refractivity contribution in [2.75, 3.05) is 7.05 Å². The van der Waals surface area contributed by atoms with Crippen molar-refractivity contribution >= 4 is 5.96 Å². The summed E-state index contributed by atoms with van der Waals surface area (Å²) in [6, 6.07) is 10.3. The number of benzene rings is 1. The molecule has 0 radical (unpaired) electrons. The average molecular weight is 352 g/mol. The summed E-state index contributed by atoms with van der Waals surface area (Å²) >= 11 is 0. The fraction of sp³-hybridized carbons (Fsp3) is 0.316. The largest absolute Gasteiger partial charge is 0.444 e. The lowest BCUT2D eigenvalue weighted by Gasteiger charge is -2.09. The van der Waals surface area contributed by atoms with Crippen molar-refractivity contribution in [3.63, 3.8) is 0 Å². The highest BCUT2D eigenvalue weighted by Gasteiger charge is 2.07. The molecular weight excluding hydrogens is 328 g/mol. The van der Waals surface area contributed by atoms with E-state index in [1.807, 2.05) is 49.1 Å². The first kappa shape index (κ1) is 17.7. The van der Waals surface area contributed by atoms with Gasteiger partial charge in [-0.25, -0.2) is 4.98 Å². The molecule has 3 aromatic rings. The van der Waals surface area contributed by atoms with Crippen LogP contribution in [-0.2, 0) is 19.6 Å². The second kappa shape index (κ2) is 8.33. The highest BCUT2D eigenvalue weighted by Crippen LogP contribution is 2.07. The molecule has 7 heteroatoms. The summed E-state index contributed by atoms with van der Waals surface area (Å²) in [6.45, 7) is 5.73. The molecule has 136 valence electrons. The molecule has 26 heavy (non-hydrogen) atoms. The van der Waals surface area contributed by atoms with Crippen LogP contribution < -0.4 is 10.6 Å². The Labute approximate surface area is 153 Å². The summed E-state index contributed by atoms with van der Waals surface area (Å²) in [5, 5.41) is 10.9. The van der Waals surface area contributed by atoms with E-state index in [9.17, 15) is 0 Å². The van der Waals surface area contributed by atoms with Gasteiger partial charge in [-0.05, 0) is 19.4 Å². The van der Waals surface area contributed by atoms with E-state index in [0.717, 1.165) is 23.6 Å². The molecule has 1 aromatic carbocycles. The summed E-state index contributed by atoms with van der Waals surface area (Å²) < 4.78 is 7.49. The average Bonchev–Trinajstić information content (AvgIpc) is 3.22. The van der Waals surface area contributed by atoms with Crippen LogP contribution in [0.2, 0.25) is 0 Å². The lowest BCUT2D eigenvalue weighted by Crippen LogP contribution is -2.36. The molecule has 0 unspecified atom stereocenters. The van der Waals surface area contributed by atoms with Crippen molar-refractivity contribution in [2.24, 2.45) is 4.99 Å². The number of aryl methyl sites for hydroxylation is 2. The molecule has 2 N–H and O–H groups in total. The maximum atomic E-state index is 5.56. The number of hydrogen-bond acceptors (Lipinski definition) is 4. The monoisotopic (exact) mass is 352 g/mol. The lowest BCUT2D eigenvalue weighted by atomic mass is 10.2. The van der Waals surface area contributed by atoms with E-state index in [2.05, 4.69) is 37.8 Å². The molecule has 2 aromatic heterocycles. The van der Waals surface area contributed by atoms with Gasteiger partial charge < -0.3 is 15.1 Å². The molecule has 0 aliphatic heterocycles. The smallest absolute Gasteiger partial charge is 0.214 e. The Morgan fingerprint density at radius 1 is 1.12 bits per heavy atom. The fourth-order valence-electron chi connectivity index (χ4n) is 2.54. The van der Waals surface area contributed by atoms with E-state index in [0.29, 0.717) is 24.9 Å². The van der Waals surface area contributed by atoms with E-state index >= 15 is 0 Å². The highest BCUT2D eigenvalue weighted by molar-refractivity contribution is 5.79. The number of nitrogens with one attached hydrogen (secondary N) is 2. The van der Waals surface area contributed by atoms with Crippen molar-refractivity contribution in [1.29, 1.82) is 0 Å². The molecule has 0 saturated carbocycles. The third-order valence-electron chi connectivity index (χ3n) is 4.04. The maximum absolute atomic E-state index is 5.56. The van der Waals surface area contributed by atoms with Crippen molar-refractivity contribution in [2.45, 2.75) is 33.5 Å². The summed E-state index contributed by atoms with van der Waals surface area (Å²) in [7, 11) is 1.74. The molecule has 3 rings (SSSR count). The van der Waals surface area contributed by atoms with Gasteiger partial charge in [0.15, 0.2) is 5.96 Å². The minimum atomic E-state index is 0.488. The minimum Gasteiger partial charge on any atom is -0.444 e. The van der Waals surface area contributed by atoms with E-state index < -0.39 is 0 Å². The van der Waals surface area contributed by atoms with Crippen LogP contribution in [0.5, 0.6) is 0 Å². The van der Waals surface area contributed by atoms with Crippen LogP contribution in [-0.4, -0.2) is 27.8 Å². The first-order valence-corrected chi connectivity index (χ1v) is 8.56. The molecule has 2 heterocycles. The van der Waals surface area contributed by atoms with Crippen LogP contribution >= 0.6 is 0 Å². The topological polar surface area (TPSA) is 80.3 Å². The number of hydrogen-bond donors (Lipinski definition) is 2. The quantitative estimate of drug-likeness (QED) is 0.526. The molecule has 0 atom stereocenters. The number of nitrogens with zero attached hydrogens (tertiary/aromatic N) is 4. The summed E-state index contributed by atoms with van der Waals surface area (Å²) in [5.41, 5.74) is 3.23. The van der Waals surface area contributed by atoms with E-state index in [4.69, 9.17) is 4.42 Å². The maximum Gasteiger partial charge on any atom is 0.214 e. The van der Waals surface area contributed by atoms with Gasteiger partial charge in [0.25, 0.3) is 0 Å². The number of oxazole rings is 1. The van der Waals surface area contributed by atoms with Crippen LogP contribution in [0.25, 0.3) is 0 Å². The first-order chi connectivity index (χ1) is 12.6. The van der Waals surface area contributed by atoms with Gasteiger partial charge in [-0.3, -0.25) is 9.67 Å². The zero-order chi connectivity index (χ0) is 18.4. The fourth-order valence-corrected chi connectivity index (χ4v) is 2.54. The predicted octanol–water partition coefficient (Wildman–Crippen LogP) is 2.40. The zero-order valence-corrected chi connectivity index (χ0v) is 15.4. The van der Waals surface area contributed by atoms with Crippen LogP contribution in [0.4, 0.5) is 0 Å². The van der Waals surface area contributed by atoms with Gasteiger partial charge in [0.1, 0.15) is 5.76 Å². The second-order valence-electron chi connectivity index (χ2n) is 6.06. The Balaban J connectivity index is 1.49. The van der Waals surface area contributed by atoms with Crippen molar-refractivity contribution in [1.82, 2.24) is 25.4 Å². The minimum absolute atomic E-state index is 0.488. The molecule has 0 saturated heterocycles. The standard InChI is InChI=1S/C19H24N6O/c1-14-15(2)26-18(24-14)11-22-19(20-3)21-9-17-10-23-25(13-17)12-16-7-5-4-6-8-16/h4-8,10,13H,9,11-12H2,1-3H3,(H2,20,21,22). The molecule has 0 aliphatic rings. The molecule has 7 nitrogen and oxygen atoms in total. The van der Waals surface area contributed by atoms with Gasteiger partial charge >= 0.3 is 0 Å². The molecule has 0 fully saturated rings. The molecule has 0 aliphatic carbocycles. The summed E-state index contributed by atoms with van der Waals surface area (Å²) in [4.78, 5) is 8.57. The van der Waals surface area contributed by atoms with Gasteiger partial charge in [-0.2, -0.15) is 5.10 Å². The third kappa shape index (κ3) is 4.72. The normalized spacial score (nSPS) is 11.6. The second-order valence-corrected chi connectivity index (χ2v) is 6.06. The van der Waals surface area contributed by atoms with Crippen LogP contribution in [0.15, 0.2) is 52.1 Å². The summed E-state index contributed by atoms with van der Waals surface area (Å²) in [6.07, 6.45) is 3.90. The molecule has 0 bridgehead atoms. The van der Waals surface area contributed by atoms with Crippen molar-refractivity contribution in [3.8, 4) is 0 Å². The Morgan fingerprint density at radius 3 is 2.58 bits per heavy atom. The molecule has 0 spiro atoms. The molecule has 0 amide bonds. The summed E-state index contributed by atoms with van der Waals surface area (Å²) in [5.74, 6) is 2.18. The van der Waals surface area contributed by atoms with Crippen LogP contribution in [0.3, 0.4) is 0 Å². The van der Waals surface area contributed by atoms with Crippen molar-refractivity contribution in [3.05, 3.63) is 71.2 Å². The van der Waals surface area contributed by atoms with Crippen molar-refractivity contribution < 1.29 is 4.42 Å². The van der Waals surface area contributed by atoms with Gasteiger partial charge in [-0.1, -0.05) is 30.3 Å². The number of aromatic nitrogens is 3. The number of rotatable bonds is 6. The third-order valence-corrected chi connectivity index (χ3v) is 4.04. The highest BCUT2D eigenvalue weighted by atomic mass is 16.4. The number of aliphatic imine (C=N–C) groups is 1. The Hall–Kier alpha value is -3.09. The first-order valence-electron chi connectivity index (χ1n) is 8.56. The van der Waals surface area contributed by atoms with Crippen LogP contribution in [0, 0.1) is 13.8 Å². The van der Waals surface area contributed by atoms with Gasteiger partial charge in [0, 0.05) is 25.4 Å². The Kier molecular flexibility index (Phi) is 5.68. The number of guanidine groups is 1. The van der Waals surface area contributed by atoms with Gasteiger partial charge in [-0.15, -0.1) is 0 Å². The lowest BCUT2D eigenvalue weighted by molar-refractivity contribution is 0.463. The zero-order valence-electron chi connectivity index (χ0n) is 15.4. The van der Waals surface area contributed by atoms with Crippen LogP contribution in [0.1, 0.15) is 28.5 Å². The Bertz CT molecular complexity index is 846.